The van der Waals surface area contributed by atoms with Crippen LogP contribution in [-0.4, -0.2) is 14.9 Å². The van der Waals surface area contributed by atoms with Gasteiger partial charge in [-0.2, -0.15) is 5.10 Å². The zero-order chi connectivity index (χ0) is 11.5. The second-order valence-corrected chi connectivity index (χ2v) is 4.22. The normalized spacial score (nSPS) is 10.1. The number of nitrogens with zero attached hydrogens (tertiary/aromatic N) is 2. The molecule has 1 N–H and O–H groups in total. The highest BCUT2D eigenvalue weighted by atomic mass is 35.5. The molecule has 0 aliphatic rings. The summed E-state index contributed by atoms with van der Waals surface area (Å²) in [6.07, 6.45) is 3.63. The maximum absolute atomic E-state index is 5.79. The van der Waals surface area contributed by atoms with Crippen LogP contribution in [0.4, 0.5) is 5.69 Å². The highest BCUT2D eigenvalue weighted by Gasteiger charge is 2.01. The zero-order valence-electron chi connectivity index (χ0n) is 8.64. The molecule has 82 valence electrons. The summed E-state index contributed by atoms with van der Waals surface area (Å²) < 4.78 is 1.62. The molecule has 0 atom stereocenters. The highest BCUT2D eigenvalue weighted by molar-refractivity contribution is 7.80. The number of anilines is 1. The van der Waals surface area contributed by atoms with Crippen LogP contribution in [0.5, 0.6) is 0 Å². The Labute approximate surface area is 104 Å². The third-order valence-corrected chi connectivity index (χ3v) is 2.56. The summed E-state index contributed by atoms with van der Waals surface area (Å²) in [5.41, 5.74) is 1.96. The van der Waals surface area contributed by atoms with E-state index in [0.717, 1.165) is 11.3 Å². The highest BCUT2D eigenvalue weighted by Crippen LogP contribution is 2.13. The van der Waals surface area contributed by atoms with Crippen molar-refractivity contribution in [2.75, 3.05) is 5.32 Å². The quantitative estimate of drug-likeness (QED) is 0.790. The maximum atomic E-state index is 5.79. The molecule has 0 aliphatic carbocycles. The predicted octanol–water partition coefficient (Wildman–Crippen LogP) is 3.09. The molecule has 0 amide bonds. The van der Waals surface area contributed by atoms with Gasteiger partial charge in [-0.05, 0) is 49.0 Å². The average molecular weight is 252 g/mol. The van der Waals surface area contributed by atoms with Gasteiger partial charge in [0.2, 0.25) is 0 Å². The van der Waals surface area contributed by atoms with Gasteiger partial charge in [-0.15, -0.1) is 0 Å². The number of thiocarbonyl (C=S) groups is 1. The minimum atomic E-state index is 0.537. The van der Waals surface area contributed by atoms with Crippen molar-refractivity contribution in [3.8, 4) is 0 Å². The van der Waals surface area contributed by atoms with E-state index in [-0.39, 0.29) is 0 Å². The van der Waals surface area contributed by atoms with Gasteiger partial charge in [0.25, 0.3) is 0 Å². The van der Waals surface area contributed by atoms with Crippen LogP contribution in [0.3, 0.4) is 0 Å². The Bertz CT molecular complexity index is 504. The van der Waals surface area contributed by atoms with Crippen molar-refractivity contribution in [2.45, 2.75) is 6.92 Å². The molecule has 5 heteroatoms. The number of halogens is 1. The van der Waals surface area contributed by atoms with E-state index in [9.17, 15) is 0 Å². The largest absolute Gasteiger partial charge is 0.331 e. The van der Waals surface area contributed by atoms with Gasteiger partial charge < -0.3 is 5.32 Å². The van der Waals surface area contributed by atoms with E-state index in [1.165, 1.54) is 0 Å². The van der Waals surface area contributed by atoms with Crippen molar-refractivity contribution in [3.63, 3.8) is 0 Å². The predicted molar refractivity (Wildman–Crippen MR) is 70.0 cm³/mol. The molecule has 0 bridgehead atoms. The van der Waals surface area contributed by atoms with E-state index >= 15 is 0 Å². The molecule has 1 aromatic heterocycles. The van der Waals surface area contributed by atoms with Crippen LogP contribution < -0.4 is 5.32 Å². The molecule has 1 aromatic carbocycles. The monoisotopic (exact) mass is 251 g/mol. The lowest BCUT2D eigenvalue weighted by Gasteiger charge is -2.07. The molecular formula is C11H10ClN3S. The first-order chi connectivity index (χ1) is 7.65. The lowest BCUT2D eigenvalue weighted by atomic mass is 10.3. The van der Waals surface area contributed by atoms with E-state index in [2.05, 4.69) is 10.4 Å². The van der Waals surface area contributed by atoms with Crippen LogP contribution in [0.1, 0.15) is 5.56 Å². The number of aryl methyl sites for hydroxylation is 1. The molecule has 3 nitrogen and oxygen atoms in total. The number of hydrogen-bond donors (Lipinski definition) is 1. The van der Waals surface area contributed by atoms with Crippen LogP contribution in [0.2, 0.25) is 5.02 Å². The van der Waals surface area contributed by atoms with Crippen LogP contribution in [0.15, 0.2) is 36.7 Å². The molecule has 0 fully saturated rings. The van der Waals surface area contributed by atoms with Crippen LogP contribution >= 0.6 is 23.8 Å². The Kier molecular flexibility index (Phi) is 3.22. The lowest BCUT2D eigenvalue weighted by molar-refractivity contribution is 0.947. The molecule has 2 aromatic rings. The molecule has 0 unspecified atom stereocenters. The molecular weight excluding hydrogens is 242 g/mol. The van der Waals surface area contributed by atoms with E-state index < -0.39 is 0 Å². The summed E-state index contributed by atoms with van der Waals surface area (Å²) in [6.45, 7) is 1.97. The van der Waals surface area contributed by atoms with Crippen LogP contribution in [0, 0.1) is 6.92 Å². The topological polar surface area (TPSA) is 29.9 Å². The summed E-state index contributed by atoms with van der Waals surface area (Å²) >= 11 is 11.0. The van der Waals surface area contributed by atoms with Crippen molar-refractivity contribution in [3.05, 3.63) is 47.2 Å². The van der Waals surface area contributed by atoms with Crippen molar-refractivity contribution in [2.24, 2.45) is 0 Å². The summed E-state index contributed by atoms with van der Waals surface area (Å²) in [5, 5.41) is 8.43. The van der Waals surface area contributed by atoms with Crippen molar-refractivity contribution in [1.82, 2.24) is 9.78 Å². The number of rotatable bonds is 1. The third-order valence-electron chi connectivity index (χ3n) is 2.02. The van der Waals surface area contributed by atoms with Gasteiger partial charge in [0.05, 0.1) is 6.20 Å². The fraction of sp³-hybridized carbons (Fsp3) is 0.0909. The Morgan fingerprint density at radius 1 is 1.38 bits per heavy atom. The fourth-order valence-electron chi connectivity index (χ4n) is 1.24. The van der Waals surface area contributed by atoms with Crippen molar-refractivity contribution in [1.29, 1.82) is 0 Å². The van der Waals surface area contributed by atoms with E-state index in [4.69, 9.17) is 23.8 Å². The summed E-state index contributed by atoms with van der Waals surface area (Å²) in [7, 11) is 0. The fourth-order valence-corrected chi connectivity index (χ4v) is 1.58. The SMILES string of the molecule is Cc1cnn(C(=S)Nc2ccc(Cl)cc2)c1. The second kappa shape index (κ2) is 4.63. The Morgan fingerprint density at radius 3 is 2.62 bits per heavy atom. The molecule has 2 rings (SSSR count). The van der Waals surface area contributed by atoms with Gasteiger partial charge >= 0.3 is 0 Å². The van der Waals surface area contributed by atoms with Crippen LogP contribution in [-0.2, 0) is 0 Å². The number of benzene rings is 1. The van der Waals surface area contributed by atoms with E-state index in [1.807, 2.05) is 25.3 Å². The molecule has 1 heterocycles. The first kappa shape index (κ1) is 11.1. The molecule has 0 radical (unpaired) electrons. The third kappa shape index (κ3) is 2.59. The van der Waals surface area contributed by atoms with E-state index in [0.29, 0.717) is 10.1 Å². The summed E-state index contributed by atoms with van der Waals surface area (Å²) in [5.74, 6) is 0. The first-order valence-electron chi connectivity index (χ1n) is 4.73. The molecule has 0 saturated heterocycles. The Balaban J connectivity index is 2.10. The van der Waals surface area contributed by atoms with Gasteiger partial charge in [0, 0.05) is 16.9 Å². The van der Waals surface area contributed by atoms with Gasteiger partial charge in [-0.25, -0.2) is 4.68 Å². The van der Waals surface area contributed by atoms with E-state index in [1.54, 1.807) is 23.0 Å². The van der Waals surface area contributed by atoms with Gasteiger partial charge in [0.1, 0.15) is 0 Å². The minimum Gasteiger partial charge on any atom is -0.331 e. The number of aromatic nitrogens is 2. The second-order valence-electron chi connectivity index (χ2n) is 3.40. The van der Waals surface area contributed by atoms with Gasteiger partial charge in [0.15, 0.2) is 5.11 Å². The molecule has 16 heavy (non-hydrogen) atoms. The first-order valence-corrected chi connectivity index (χ1v) is 5.52. The smallest absolute Gasteiger partial charge is 0.198 e. The van der Waals surface area contributed by atoms with Crippen molar-refractivity contribution >= 4 is 34.6 Å². The number of nitrogens with one attached hydrogen (secondary N) is 1. The standard InChI is InChI=1S/C11H10ClN3S/c1-8-6-13-15(7-8)11(16)14-10-4-2-9(12)3-5-10/h2-7H,1H3,(H,14,16). The van der Waals surface area contributed by atoms with Gasteiger partial charge in [-0.1, -0.05) is 11.6 Å². The number of hydrogen-bond acceptors (Lipinski definition) is 2. The van der Waals surface area contributed by atoms with Crippen LogP contribution in [0.25, 0.3) is 0 Å². The molecule has 0 spiro atoms. The zero-order valence-corrected chi connectivity index (χ0v) is 10.2. The summed E-state index contributed by atoms with van der Waals surface area (Å²) in [6, 6.07) is 7.34. The Morgan fingerprint density at radius 2 is 2.06 bits per heavy atom. The minimum absolute atomic E-state index is 0.537. The van der Waals surface area contributed by atoms with Gasteiger partial charge in [-0.3, -0.25) is 0 Å². The molecule has 0 saturated carbocycles. The molecule has 0 aliphatic heterocycles. The maximum Gasteiger partial charge on any atom is 0.198 e. The lowest BCUT2D eigenvalue weighted by Crippen LogP contribution is -2.19. The van der Waals surface area contributed by atoms with Crippen molar-refractivity contribution < 1.29 is 0 Å². The average Bonchev–Trinajstić information content (AvgIpc) is 2.68. The Hall–Kier alpha value is -1.39. The summed E-state index contributed by atoms with van der Waals surface area (Å²) in [4.78, 5) is 0.